The number of benzene rings is 2. The lowest BCUT2D eigenvalue weighted by Crippen LogP contribution is -2.35. The topological polar surface area (TPSA) is 44.0 Å². The van der Waals surface area contributed by atoms with Crippen molar-refractivity contribution in [2.24, 2.45) is 0 Å². The fraction of sp³-hybridized carbons (Fsp3) is 0.286. The molecule has 0 saturated heterocycles. The molecule has 25 heavy (non-hydrogen) atoms. The smallest absolute Gasteiger partial charge is 0.0535 e. The van der Waals surface area contributed by atoms with E-state index in [9.17, 15) is 0 Å². The highest BCUT2D eigenvalue weighted by Crippen LogP contribution is 2.34. The number of rotatable bonds is 5. The lowest BCUT2D eigenvalue weighted by Gasteiger charge is -2.36. The van der Waals surface area contributed by atoms with Gasteiger partial charge in [0.25, 0.3) is 0 Å². The van der Waals surface area contributed by atoms with Crippen LogP contribution in [0.5, 0.6) is 0 Å². The van der Waals surface area contributed by atoms with Crippen LogP contribution in [0.1, 0.15) is 34.8 Å². The lowest BCUT2D eigenvalue weighted by atomic mass is 9.95. The third-order valence-corrected chi connectivity index (χ3v) is 5.03. The fourth-order valence-corrected chi connectivity index (χ4v) is 3.60. The van der Waals surface area contributed by atoms with E-state index in [4.69, 9.17) is 0 Å². The van der Waals surface area contributed by atoms with Crippen molar-refractivity contribution in [1.82, 2.24) is 15.5 Å². The van der Waals surface area contributed by atoms with Crippen LogP contribution in [-0.2, 0) is 13.1 Å². The Hall–Kier alpha value is -2.59. The predicted molar refractivity (Wildman–Crippen MR) is 101 cm³/mol. The monoisotopic (exact) mass is 332 g/mol. The van der Waals surface area contributed by atoms with Crippen LogP contribution in [0.25, 0.3) is 0 Å². The van der Waals surface area contributed by atoms with Gasteiger partial charge in [-0.2, -0.15) is 5.10 Å². The van der Waals surface area contributed by atoms with Crippen molar-refractivity contribution in [3.8, 4) is 0 Å². The van der Waals surface area contributed by atoms with Crippen molar-refractivity contribution < 1.29 is 0 Å². The quantitative estimate of drug-likeness (QED) is 0.743. The van der Waals surface area contributed by atoms with E-state index in [-0.39, 0.29) is 0 Å². The molecule has 0 aliphatic carbocycles. The van der Waals surface area contributed by atoms with Crippen LogP contribution in [0.4, 0.5) is 5.69 Å². The normalized spacial score (nSPS) is 16.7. The van der Waals surface area contributed by atoms with E-state index in [0.717, 1.165) is 31.7 Å². The van der Waals surface area contributed by atoms with Gasteiger partial charge in [0, 0.05) is 42.6 Å². The fourth-order valence-electron chi connectivity index (χ4n) is 3.60. The van der Waals surface area contributed by atoms with E-state index in [1.807, 2.05) is 6.20 Å². The molecule has 4 heteroatoms. The summed E-state index contributed by atoms with van der Waals surface area (Å²) in [6.45, 7) is 4.94. The number of hydrogen-bond donors (Lipinski definition) is 2. The molecule has 2 aromatic carbocycles. The molecular weight excluding hydrogens is 308 g/mol. The largest absolute Gasteiger partial charge is 0.367 e. The summed E-state index contributed by atoms with van der Waals surface area (Å²) in [6.07, 6.45) is 3.03. The maximum Gasteiger partial charge on any atom is 0.0535 e. The Bertz CT molecular complexity index is 825. The summed E-state index contributed by atoms with van der Waals surface area (Å²) in [5.41, 5.74) is 6.48. The highest BCUT2D eigenvalue weighted by Gasteiger charge is 2.24. The number of aromatic amines is 1. The molecule has 3 aromatic rings. The summed E-state index contributed by atoms with van der Waals surface area (Å²) in [5, 5.41) is 10.8. The van der Waals surface area contributed by atoms with Crippen LogP contribution in [0.3, 0.4) is 0 Å². The molecule has 0 bridgehead atoms. The van der Waals surface area contributed by atoms with E-state index in [2.05, 4.69) is 81.9 Å². The average molecular weight is 332 g/mol. The molecule has 0 fully saturated rings. The van der Waals surface area contributed by atoms with E-state index in [1.165, 1.54) is 22.4 Å². The number of fused-ring (bicyclic) bond motifs is 1. The minimum Gasteiger partial charge on any atom is -0.367 e. The van der Waals surface area contributed by atoms with Gasteiger partial charge >= 0.3 is 0 Å². The average Bonchev–Trinajstić information content (AvgIpc) is 3.07. The predicted octanol–water partition coefficient (Wildman–Crippen LogP) is 3.96. The molecule has 1 atom stereocenters. The molecule has 2 N–H and O–H groups in total. The van der Waals surface area contributed by atoms with Crippen LogP contribution in [0.2, 0.25) is 0 Å². The van der Waals surface area contributed by atoms with E-state index >= 15 is 0 Å². The summed E-state index contributed by atoms with van der Waals surface area (Å²) in [6, 6.07) is 19.9. The maximum atomic E-state index is 4.12. The molecule has 1 aliphatic rings. The Morgan fingerprint density at radius 3 is 2.72 bits per heavy atom. The zero-order valence-electron chi connectivity index (χ0n) is 14.6. The SMILES string of the molecule is Cc1[nH]ncc1CN[C@H]1CCN(Cc2ccccc2)c2ccccc21. The van der Waals surface area contributed by atoms with E-state index in [1.54, 1.807) is 0 Å². The molecule has 0 spiro atoms. The number of aromatic nitrogens is 2. The minimum atomic E-state index is 0.387. The molecule has 0 unspecified atom stereocenters. The number of para-hydroxylation sites is 1. The number of H-pyrrole nitrogens is 1. The summed E-state index contributed by atoms with van der Waals surface area (Å²) in [4.78, 5) is 2.49. The molecule has 1 aliphatic heterocycles. The van der Waals surface area contributed by atoms with Gasteiger partial charge in [-0.25, -0.2) is 0 Å². The minimum absolute atomic E-state index is 0.387. The van der Waals surface area contributed by atoms with Crippen molar-refractivity contribution in [2.75, 3.05) is 11.4 Å². The summed E-state index contributed by atoms with van der Waals surface area (Å²) in [7, 11) is 0. The molecule has 0 amide bonds. The number of anilines is 1. The first-order valence-electron chi connectivity index (χ1n) is 8.91. The Morgan fingerprint density at radius 1 is 1.12 bits per heavy atom. The standard InChI is InChI=1S/C21H24N4/c1-16-18(14-23-24-16)13-22-20-11-12-25(15-17-7-3-2-4-8-17)21-10-6-5-9-19(20)21/h2-10,14,20,22H,11-13,15H2,1H3,(H,23,24)/t20-/m0/s1. The van der Waals surface area contributed by atoms with Crippen molar-refractivity contribution in [3.63, 3.8) is 0 Å². The van der Waals surface area contributed by atoms with Crippen molar-refractivity contribution >= 4 is 5.69 Å². The van der Waals surface area contributed by atoms with Crippen LogP contribution in [-0.4, -0.2) is 16.7 Å². The van der Waals surface area contributed by atoms with Gasteiger partial charge in [0.1, 0.15) is 0 Å². The van der Waals surface area contributed by atoms with Crippen LogP contribution >= 0.6 is 0 Å². The summed E-state index contributed by atoms with van der Waals surface area (Å²) < 4.78 is 0. The second-order valence-corrected chi connectivity index (χ2v) is 6.71. The molecule has 4 nitrogen and oxygen atoms in total. The molecule has 0 radical (unpaired) electrons. The number of aryl methyl sites for hydroxylation is 1. The van der Waals surface area contributed by atoms with Gasteiger partial charge in [0.15, 0.2) is 0 Å². The van der Waals surface area contributed by atoms with E-state index < -0.39 is 0 Å². The lowest BCUT2D eigenvalue weighted by molar-refractivity contribution is 0.475. The van der Waals surface area contributed by atoms with Crippen LogP contribution < -0.4 is 10.2 Å². The Kier molecular flexibility index (Phi) is 4.53. The van der Waals surface area contributed by atoms with Crippen LogP contribution in [0.15, 0.2) is 60.8 Å². The third kappa shape index (κ3) is 3.44. The molecular formula is C21H24N4. The highest BCUT2D eigenvalue weighted by atomic mass is 15.2. The first-order valence-corrected chi connectivity index (χ1v) is 8.91. The van der Waals surface area contributed by atoms with Crippen LogP contribution in [0, 0.1) is 6.92 Å². The van der Waals surface area contributed by atoms with Gasteiger partial charge in [-0.3, -0.25) is 5.10 Å². The third-order valence-electron chi connectivity index (χ3n) is 5.03. The van der Waals surface area contributed by atoms with Gasteiger partial charge in [-0.05, 0) is 30.5 Å². The number of nitrogens with one attached hydrogen (secondary N) is 2. The zero-order chi connectivity index (χ0) is 17.1. The number of hydrogen-bond acceptors (Lipinski definition) is 3. The van der Waals surface area contributed by atoms with Gasteiger partial charge in [-0.15, -0.1) is 0 Å². The van der Waals surface area contributed by atoms with Crippen molar-refractivity contribution in [3.05, 3.63) is 83.2 Å². The first kappa shape index (κ1) is 15.9. The Labute approximate surface area is 148 Å². The zero-order valence-corrected chi connectivity index (χ0v) is 14.6. The van der Waals surface area contributed by atoms with Crippen molar-refractivity contribution in [2.45, 2.75) is 32.5 Å². The first-order chi connectivity index (χ1) is 12.3. The summed E-state index contributed by atoms with van der Waals surface area (Å²) >= 11 is 0. The van der Waals surface area contributed by atoms with E-state index in [0.29, 0.717) is 6.04 Å². The van der Waals surface area contributed by atoms with Gasteiger partial charge in [0.2, 0.25) is 0 Å². The molecule has 128 valence electrons. The molecule has 2 heterocycles. The Balaban J connectivity index is 1.51. The Morgan fingerprint density at radius 2 is 1.92 bits per heavy atom. The molecule has 4 rings (SSSR count). The summed E-state index contributed by atoms with van der Waals surface area (Å²) in [5.74, 6) is 0. The highest BCUT2D eigenvalue weighted by molar-refractivity contribution is 5.57. The van der Waals surface area contributed by atoms with Gasteiger partial charge in [0.05, 0.1) is 6.20 Å². The second kappa shape index (κ2) is 7.11. The maximum absolute atomic E-state index is 4.12. The van der Waals surface area contributed by atoms with Gasteiger partial charge in [-0.1, -0.05) is 48.5 Å². The molecule has 1 aromatic heterocycles. The van der Waals surface area contributed by atoms with Gasteiger partial charge < -0.3 is 10.2 Å². The second-order valence-electron chi connectivity index (χ2n) is 6.71. The molecule has 0 saturated carbocycles. The number of nitrogens with zero attached hydrogens (tertiary/aromatic N) is 2. The van der Waals surface area contributed by atoms with Crippen molar-refractivity contribution in [1.29, 1.82) is 0 Å².